The zero-order valence-corrected chi connectivity index (χ0v) is 23.0. The molecule has 0 bridgehead atoms. The van der Waals surface area contributed by atoms with Gasteiger partial charge in [-0.3, -0.25) is 9.59 Å². The summed E-state index contributed by atoms with van der Waals surface area (Å²) in [6.07, 6.45) is 0.572. The van der Waals surface area contributed by atoms with Crippen molar-refractivity contribution >= 4 is 71.5 Å². The number of amides is 1. The van der Waals surface area contributed by atoms with E-state index in [1.165, 1.54) is 24.3 Å². The Morgan fingerprint density at radius 3 is 2.50 bits per heavy atom. The van der Waals surface area contributed by atoms with E-state index < -0.39 is 11.6 Å². The highest BCUT2D eigenvalue weighted by Gasteiger charge is 2.22. The minimum Gasteiger partial charge on any atom is -0.507 e. The van der Waals surface area contributed by atoms with Gasteiger partial charge in [0.2, 0.25) is 0 Å². The molecule has 4 rings (SSSR count). The van der Waals surface area contributed by atoms with Crippen molar-refractivity contribution in [3.63, 3.8) is 0 Å². The fraction of sp³-hybridized carbons (Fsp3) is 0.0769. The minimum atomic E-state index is -1.33. The first-order chi connectivity index (χ1) is 17.2. The van der Waals surface area contributed by atoms with Gasteiger partial charge < -0.3 is 21.5 Å². The molecule has 1 amide bonds. The van der Waals surface area contributed by atoms with Crippen LogP contribution in [0.1, 0.15) is 22.2 Å². The van der Waals surface area contributed by atoms with Gasteiger partial charge in [-0.2, -0.15) is 5.26 Å². The minimum absolute atomic E-state index is 0. The normalized spacial score (nSPS) is 11.6. The standard InChI is InChI=1S/C26H20ClN5O3S.2ClH/c1-26(29,14-33)32-15-8-9-20(27)18(11-15)17-12-21(16-5-2-3-6-22(16)34)30-24(19(17)13-28)31-25(35)23-7-4-10-36-23;;/h2-12,14,32,34H,29H2,1H3,(H,30,31,35);2*1H/t26-;;/m0../s1. The number of nitrogens with two attached hydrogens (primary N) is 1. The van der Waals surface area contributed by atoms with Gasteiger partial charge >= 0.3 is 0 Å². The van der Waals surface area contributed by atoms with Gasteiger partial charge in [-0.05, 0) is 54.8 Å². The van der Waals surface area contributed by atoms with Gasteiger partial charge in [0, 0.05) is 27.4 Å². The maximum Gasteiger partial charge on any atom is 0.266 e. The van der Waals surface area contributed by atoms with Crippen LogP contribution < -0.4 is 16.4 Å². The van der Waals surface area contributed by atoms with Gasteiger partial charge in [-0.15, -0.1) is 36.2 Å². The highest BCUT2D eigenvalue weighted by atomic mass is 35.5. The summed E-state index contributed by atoms with van der Waals surface area (Å²) < 4.78 is 0. The van der Waals surface area contributed by atoms with Gasteiger partial charge in [-0.25, -0.2) is 4.98 Å². The molecular weight excluding hydrogens is 569 g/mol. The number of anilines is 2. The number of pyridine rings is 1. The molecule has 0 saturated heterocycles. The first kappa shape index (κ1) is 30.6. The van der Waals surface area contributed by atoms with Gasteiger partial charge in [0.05, 0.1) is 10.6 Å². The Balaban J connectivity index is 0.00000253. The number of hydrogen-bond acceptors (Lipinski definition) is 8. The smallest absolute Gasteiger partial charge is 0.266 e. The number of phenols is 1. The third-order valence-corrected chi connectivity index (χ3v) is 6.40. The topological polar surface area (TPSA) is 141 Å². The molecule has 8 nitrogen and oxygen atoms in total. The molecule has 2 aromatic heterocycles. The number of nitrogens with zero attached hydrogens (tertiary/aromatic N) is 2. The summed E-state index contributed by atoms with van der Waals surface area (Å²) in [4.78, 5) is 29.1. The quantitative estimate of drug-likeness (QED) is 0.151. The molecular formula is C26H22Cl3N5O3S. The first-order valence-electron chi connectivity index (χ1n) is 10.6. The van der Waals surface area contributed by atoms with E-state index in [0.717, 1.165) is 0 Å². The summed E-state index contributed by atoms with van der Waals surface area (Å²) in [6, 6.07) is 18.6. The Morgan fingerprint density at radius 2 is 1.87 bits per heavy atom. The van der Waals surface area contributed by atoms with Crippen molar-refractivity contribution in [1.29, 1.82) is 5.26 Å². The lowest BCUT2D eigenvalue weighted by atomic mass is 9.97. The average Bonchev–Trinajstić information content (AvgIpc) is 3.40. The van der Waals surface area contributed by atoms with Crippen molar-refractivity contribution in [2.45, 2.75) is 12.6 Å². The van der Waals surface area contributed by atoms with Gasteiger partial charge in [0.1, 0.15) is 23.0 Å². The van der Waals surface area contributed by atoms with Crippen LogP contribution in [0.3, 0.4) is 0 Å². The van der Waals surface area contributed by atoms with E-state index in [2.05, 4.69) is 21.7 Å². The fourth-order valence-corrected chi connectivity index (χ4v) is 4.35. The number of nitrogens with one attached hydrogen (secondary N) is 2. The molecule has 0 aliphatic heterocycles. The summed E-state index contributed by atoms with van der Waals surface area (Å²) >= 11 is 7.79. The zero-order valence-electron chi connectivity index (χ0n) is 19.8. The van der Waals surface area contributed by atoms with Gasteiger partial charge in [0.25, 0.3) is 5.91 Å². The molecule has 2 heterocycles. The monoisotopic (exact) mass is 589 g/mol. The molecule has 0 radical (unpaired) electrons. The first-order valence-corrected chi connectivity index (χ1v) is 11.9. The molecule has 38 heavy (non-hydrogen) atoms. The summed E-state index contributed by atoms with van der Waals surface area (Å²) in [5.74, 6) is -0.444. The van der Waals surface area contributed by atoms with E-state index >= 15 is 0 Å². The third kappa shape index (κ3) is 6.61. The second kappa shape index (κ2) is 12.7. The van der Waals surface area contributed by atoms with E-state index in [0.29, 0.717) is 44.3 Å². The molecule has 5 N–H and O–H groups in total. The van der Waals surface area contributed by atoms with Crippen molar-refractivity contribution < 1.29 is 14.7 Å². The van der Waals surface area contributed by atoms with Crippen LogP contribution in [0.2, 0.25) is 5.02 Å². The lowest BCUT2D eigenvalue weighted by molar-refractivity contribution is -0.110. The second-order valence-corrected chi connectivity index (χ2v) is 9.41. The lowest BCUT2D eigenvalue weighted by Gasteiger charge is -2.21. The number of aromatic hydroxyl groups is 1. The number of para-hydroxylation sites is 1. The largest absolute Gasteiger partial charge is 0.507 e. The van der Waals surface area contributed by atoms with E-state index in [4.69, 9.17) is 17.3 Å². The number of carbonyl (C=O) groups is 2. The Kier molecular flexibility index (Phi) is 10.2. The third-order valence-electron chi connectivity index (χ3n) is 5.20. The molecule has 0 spiro atoms. The van der Waals surface area contributed by atoms with Crippen LogP contribution >= 0.6 is 47.8 Å². The number of aromatic nitrogens is 1. The molecule has 196 valence electrons. The maximum atomic E-state index is 12.8. The summed E-state index contributed by atoms with van der Waals surface area (Å²) in [5, 5.41) is 28.2. The highest BCUT2D eigenvalue weighted by molar-refractivity contribution is 7.12. The Labute approximate surface area is 240 Å². The molecule has 4 aromatic rings. The summed E-state index contributed by atoms with van der Waals surface area (Å²) in [6.45, 7) is 1.51. The van der Waals surface area contributed by atoms with Crippen LogP contribution in [0.15, 0.2) is 66.0 Å². The molecule has 0 saturated carbocycles. The highest BCUT2D eigenvalue weighted by Crippen LogP contribution is 2.39. The molecule has 0 fully saturated rings. The van der Waals surface area contributed by atoms with E-state index in [1.54, 1.807) is 60.0 Å². The van der Waals surface area contributed by atoms with Crippen molar-refractivity contribution in [2.75, 3.05) is 10.6 Å². The Hall–Kier alpha value is -3.65. The molecule has 0 aliphatic carbocycles. The van der Waals surface area contributed by atoms with Crippen LogP contribution in [-0.2, 0) is 4.79 Å². The van der Waals surface area contributed by atoms with Crippen molar-refractivity contribution in [2.24, 2.45) is 5.73 Å². The van der Waals surface area contributed by atoms with Crippen molar-refractivity contribution in [3.8, 4) is 34.2 Å². The molecule has 1 atom stereocenters. The van der Waals surface area contributed by atoms with Crippen LogP contribution in [0.4, 0.5) is 11.5 Å². The number of hydrogen-bond donors (Lipinski definition) is 4. The number of nitriles is 1. The van der Waals surface area contributed by atoms with Crippen molar-refractivity contribution in [3.05, 3.63) is 81.5 Å². The number of halogens is 3. The van der Waals surface area contributed by atoms with Crippen LogP contribution in [0.5, 0.6) is 5.75 Å². The number of carbonyl (C=O) groups excluding carboxylic acids is 2. The Morgan fingerprint density at radius 1 is 1.13 bits per heavy atom. The molecule has 2 aromatic carbocycles. The van der Waals surface area contributed by atoms with Crippen LogP contribution in [-0.4, -0.2) is 27.9 Å². The van der Waals surface area contributed by atoms with E-state index in [-0.39, 0.29) is 41.9 Å². The molecule has 12 heteroatoms. The SMILES string of the molecule is C[C@@](N)(C=O)Nc1ccc(Cl)c(-c2cc(-c3ccccc3O)nc(NC(=O)c3cccs3)c2C#N)c1.Cl.Cl. The van der Waals surface area contributed by atoms with Crippen LogP contribution in [0, 0.1) is 11.3 Å². The maximum absolute atomic E-state index is 12.8. The zero-order chi connectivity index (χ0) is 25.9. The molecule has 0 aliphatic rings. The summed E-state index contributed by atoms with van der Waals surface area (Å²) in [5.41, 5.74) is 6.67. The number of benzene rings is 2. The fourth-order valence-electron chi connectivity index (χ4n) is 3.52. The predicted molar refractivity (Wildman–Crippen MR) is 156 cm³/mol. The van der Waals surface area contributed by atoms with Gasteiger partial charge in [0.15, 0.2) is 12.1 Å². The number of thiophene rings is 1. The van der Waals surface area contributed by atoms with E-state index in [1.807, 2.05) is 0 Å². The number of phenolic OH excluding ortho intramolecular Hbond substituents is 1. The number of aldehydes is 1. The van der Waals surface area contributed by atoms with E-state index in [9.17, 15) is 20.0 Å². The van der Waals surface area contributed by atoms with Gasteiger partial charge in [-0.1, -0.05) is 29.8 Å². The predicted octanol–water partition coefficient (Wildman–Crippen LogP) is 6.09. The average molecular weight is 591 g/mol. The van der Waals surface area contributed by atoms with Crippen LogP contribution in [0.25, 0.3) is 22.4 Å². The molecule has 0 unspecified atom stereocenters. The number of rotatable bonds is 7. The lowest BCUT2D eigenvalue weighted by Crippen LogP contribution is -2.46. The Bertz CT molecular complexity index is 1500. The summed E-state index contributed by atoms with van der Waals surface area (Å²) in [7, 11) is 0. The van der Waals surface area contributed by atoms with Crippen molar-refractivity contribution in [1.82, 2.24) is 4.98 Å². The second-order valence-electron chi connectivity index (χ2n) is 8.06.